The van der Waals surface area contributed by atoms with Crippen LogP contribution in [0.4, 0.5) is 0 Å². The van der Waals surface area contributed by atoms with E-state index >= 15 is 0 Å². The van der Waals surface area contributed by atoms with Gasteiger partial charge >= 0.3 is 7.12 Å². The predicted octanol–water partition coefficient (Wildman–Crippen LogP) is 28.0. The molecule has 610 valence electrons. The highest BCUT2D eigenvalue weighted by atomic mass is 35.5. The van der Waals surface area contributed by atoms with Crippen LogP contribution in [0.3, 0.4) is 0 Å². The van der Waals surface area contributed by atoms with Crippen LogP contribution in [0, 0.1) is 0 Å². The van der Waals surface area contributed by atoms with E-state index in [0.29, 0.717) is 29.6 Å². The van der Waals surface area contributed by atoms with Crippen LogP contribution in [0.5, 0.6) is 0 Å². The van der Waals surface area contributed by atoms with E-state index in [1.807, 2.05) is 48.5 Å². The molecule has 0 saturated carbocycles. The van der Waals surface area contributed by atoms with Gasteiger partial charge in [-0.15, -0.1) is 0 Å². The van der Waals surface area contributed by atoms with Crippen LogP contribution in [0.25, 0.3) is 209 Å². The Kier molecular flexibility index (Phi) is 16.5. The summed E-state index contributed by atoms with van der Waals surface area (Å²) in [5.41, 5.74) is 19.8. The molecule has 7 heterocycles. The van der Waals surface area contributed by atoms with Crippen molar-refractivity contribution in [3.05, 3.63) is 379 Å². The lowest BCUT2D eigenvalue weighted by Crippen LogP contribution is -2.41. The zero-order valence-electron chi connectivity index (χ0n) is 71.7. The zero-order chi connectivity index (χ0) is 86.0. The Hall–Kier alpha value is -15.0. The van der Waals surface area contributed by atoms with E-state index in [0.717, 1.165) is 98.2 Å². The Morgan fingerprint density at radius 1 is 0.227 bits per heavy atom. The molecular weight excluding hydrogens is 1590 g/mol. The molecule has 0 spiro atoms. The van der Waals surface area contributed by atoms with E-state index in [1.54, 1.807) is 0 Å². The lowest BCUT2D eigenvalue weighted by atomic mass is 9.76. The van der Waals surface area contributed by atoms with Crippen LogP contribution < -0.4 is 5.46 Å². The number of halogens is 1. The zero-order valence-corrected chi connectivity index (χ0v) is 72.5. The van der Waals surface area contributed by atoms with Gasteiger partial charge in [0.05, 0.1) is 55.3 Å². The summed E-state index contributed by atoms with van der Waals surface area (Å²) < 4.78 is 21.3. The molecule has 0 unspecified atom stereocenters. The normalized spacial score (nSPS) is 14.6. The lowest BCUT2D eigenvalue weighted by Gasteiger charge is -2.32. The van der Waals surface area contributed by atoms with Crippen molar-refractivity contribution in [3.8, 4) is 57.4 Å². The molecule has 3 aliphatic rings. The van der Waals surface area contributed by atoms with Gasteiger partial charge in [-0.2, -0.15) is 29.9 Å². The number of para-hydroxylation sites is 8. The Balaban J connectivity index is 0.000000111. The fourth-order valence-electron chi connectivity index (χ4n) is 21.3. The standard InChI is InChI=1S/C54H35N5.C33H31BO2.C27H16ClN5/c1-54(2)45-28-27-32(29-43(45)44-30-41-35-17-5-3-15-33(35)34-16-4-6-18-36(34)42(41)31-46(44)54)51-55-52(58-47-23-11-7-19-37(47)38-20-8-12-24-48(38)58)57-53(56-51)59-49-25-13-9-21-39(49)40-22-10-14-26-50(40)59;1-31(2)29-16-15-20(34-35-32(3,4)33(5,6)36-34)17-27(29)28-18-25-23-13-9-7-11-21(23)22-12-8-10-14-24(22)26(25)19-30(28)31;28-25-29-26(32-21-13-5-1-9-17(21)18-10-2-6-14-22(18)32)31-27(30-25)33-23-15-7-3-11-19(23)20-12-4-8-16-24(20)33/h3-31H,1-2H3;7-19H,1-6H3;1-16H. The van der Waals surface area contributed by atoms with Gasteiger partial charge in [-0.25, -0.2) is 0 Å². The second kappa shape index (κ2) is 28.0. The maximum atomic E-state index is 6.50. The van der Waals surface area contributed by atoms with Gasteiger partial charge in [-0.1, -0.05) is 301 Å². The molecule has 2 aliphatic carbocycles. The first-order chi connectivity index (χ1) is 62.4. The molecule has 0 bridgehead atoms. The molecule has 128 heavy (non-hydrogen) atoms. The molecule has 0 radical (unpaired) electrons. The molecule has 14 heteroatoms. The number of hydrogen-bond acceptors (Lipinski definition) is 8. The summed E-state index contributed by atoms with van der Waals surface area (Å²) in [6, 6.07) is 126. The average Bonchev–Trinajstić information content (AvgIpc) is 1.19. The largest absolute Gasteiger partial charge is 0.494 e. The van der Waals surface area contributed by atoms with Crippen LogP contribution in [-0.4, -0.2) is 66.5 Å². The Labute approximate surface area is 742 Å². The second-order valence-corrected chi connectivity index (χ2v) is 36.8. The quantitative estimate of drug-likeness (QED) is 0.119. The van der Waals surface area contributed by atoms with Crippen molar-refractivity contribution in [3.63, 3.8) is 0 Å². The van der Waals surface area contributed by atoms with Crippen LogP contribution in [0.15, 0.2) is 352 Å². The molecular formula is C114H82BClN10O2. The third kappa shape index (κ3) is 11.2. The second-order valence-electron chi connectivity index (χ2n) is 36.4. The molecule has 1 aliphatic heterocycles. The van der Waals surface area contributed by atoms with Gasteiger partial charge in [0, 0.05) is 59.5 Å². The Morgan fingerprint density at radius 2 is 0.461 bits per heavy atom. The molecule has 0 atom stereocenters. The molecule has 24 aromatic rings. The first-order valence-electron chi connectivity index (χ1n) is 43.9. The number of rotatable bonds is 6. The summed E-state index contributed by atoms with van der Waals surface area (Å²) in [5.74, 6) is 2.76. The fraction of sp³-hybridized carbons (Fsp3) is 0.105. The summed E-state index contributed by atoms with van der Waals surface area (Å²) in [6.45, 7) is 17.9. The van der Waals surface area contributed by atoms with E-state index in [1.165, 1.54) is 109 Å². The van der Waals surface area contributed by atoms with Gasteiger partial charge in [-0.3, -0.25) is 18.3 Å². The van der Waals surface area contributed by atoms with Crippen molar-refractivity contribution in [2.45, 2.75) is 77.4 Å². The van der Waals surface area contributed by atoms with Crippen molar-refractivity contribution in [1.29, 1.82) is 0 Å². The highest BCUT2D eigenvalue weighted by Gasteiger charge is 2.52. The maximum absolute atomic E-state index is 6.50. The van der Waals surface area contributed by atoms with Crippen molar-refractivity contribution in [2.24, 2.45) is 0 Å². The van der Waals surface area contributed by atoms with Crippen molar-refractivity contribution in [2.75, 3.05) is 0 Å². The smallest absolute Gasteiger partial charge is 0.399 e. The molecule has 18 aromatic carbocycles. The SMILES string of the molecule is CC1(C)c2ccc(-c3nc(-n4c5ccccc5c5ccccc54)nc(-n4c5ccccc5c5ccccc54)n3)cc2-c2cc3c4ccccc4c4ccccc4c3cc21.CC1(C)c2ccc(B3OC(C)(C)C(C)(C)O3)cc2-c2cc3c4ccccc4c4ccccc4c3cc21.Clc1nc(-n2c3ccccc3c3ccccc32)nc(-n2c3ccccc3c3ccccc32)n1. The van der Waals surface area contributed by atoms with Gasteiger partial charge in [-0.05, 0) is 233 Å². The summed E-state index contributed by atoms with van der Waals surface area (Å²) in [4.78, 5) is 30.2. The number of fused-ring (bicyclic) bond motifs is 30. The molecule has 6 aromatic heterocycles. The minimum Gasteiger partial charge on any atom is -0.399 e. The van der Waals surface area contributed by atoms with Crippen LogP contribution in [0.2, 0.25) is 5.28 Å². The Bertz CT molecular complexity index is 8430. The molecule has 0 amide bonds. The van der Waals surface area contributed by atoms with E-state index < -0.39 is 0 Å². The topological polar surface area (TPSA) is 116 Å². The number of hydrogen-bond donors (Lipinski definition) is 0. The monoisotopic (exact) mass is 1670 g/mol. The van der Waals surface area contributed by atoms with Crippen LogP contribution in [-0.2, 0) is 20.1 Å². The third-order valence-electron chi connectivity index (χ3n) is 28.2. The van der Waals surface area contributed by atoms with Gasteiger partial charge < -0.3 is 9.31 Å². The highest BCUT2D eigenvalue weighted by molar-refractivity contribution is 6.62. The molecule has 1 fully saturated rings. The average molecular weight is 1670 g/mol. The predicted molar refractivity (Wildman–Crippen MR) is 530 cm³/mol. The third-order valence-corrected chi connectivity index (χ3v) is 28.4. The van der Waals surface area contributed by atoms with Crippen LogP contribution >= 0.6 is 11.6 Å². The summed E-state index contributed by atoms with van der Waals surface area (Å²) in [7, 11) is -0.363. The number of nitrogens with zero attached hydrogens (tertiary/aromatic N) is 10. The van der Waals surface area contributed by atoms with Crippen molar-refractivity contribution in [1.82, 2.24) is 48.2 Å². The van der Waals surface area contributed by atoms with Gasteiger partial charge in [0.15, 0.2) is 5.82 Å². The van der Waals surface area contributed by atoms with Gasteiger partial charge in [0.2, 0.25) is 29.1 Å². The number of benzene rings is 18. The minimum atomic E-state index is -0.363. The van der Waals surface area contributed by atoms with Gasteiger partial charge in [0.1, 0.15) is 0 Å². The summed E-state index contributed by atoms with van der Waals surface area (Å²) in [6.07, 6.45) is 0. The molecule has 12 nitrogen and oxygen atoms in total. The number of aromatic nitrogens is 10. The first-order valence-corrected chi connectivity index (χ1v) is 44.3. The first kappa shape index (κ1) is 75.5. The van der Waals surface area contributed by atoms with Crippen molar-refractivity contribution >= 4 is 176 Å². The molecule has 27 rings (SSSR count). The summed E-state index contributed by atoms with van der Waals surface area (Å²) >= 11 is 6.50. The van der Waals surface area contributed by atoms with E-state index in [-0.39, 0.29) is 34.4 Å². The highest BCUT2D eigenvalue weighted by Crippen LogP contribution is 2.55. The van der Waals surface area contributed by atoms with E-state index in [4.69, 9.17) is 40.8 Å². The van der Waals surface area contributed by atoms with E-state index in [2.05, 4.69) is 387 Å². The van der Waals surface area contributed by atoms with E-state index in [9.17, 15) is 0 Å². The molecule has 0 N–H and O–H groups in total. The van der Waals surface area contributed by atoms with Crippen molar-refractivity contribution < 1.29 is 9.31 Å². The minimum absolute atomic E-state index is 0.0833. The maximum Gasteiger partial charge on any atom is 0.494 e. The fourth-order valence-corrected chi connectivity index (χ4v) is 21.5. The Morgan fingerprint density at radius 3 is 0.758 bits per heavy atom. The van der Waals surface area contributed by atoms with Crippen LogP contribution in [0.1, 0.15) is 77.6 Å². The van der Waals surface area contributed by atoms with Gasteiger partial charge in [0.25, 0.3) is 0 Å². The summed E-state index contributed by atoms with van der Waals surface area (Å²) in [5, 5.41) is 25.0. The molecule has 1 saturated heterocycles. The lowest BCUT2D eigenvalue weighted by molar-refractivity contribution is 0.00578.